The summed E-state index contributed by atoms with van der Waals surface area (Å²) in [5.74, 6) is 0.561. The fourth-order valence-corrected chi connectivity index (χ4v) is 7.10. The quantitative estimate of drug-likeness (QED) is 0.206. The number of nitrogens with zero attached hydrogens (tertiary/aromatic N) is 5. The zero-order valence-corrected chi connectivity index (χ0v) is 26.0. The molecular formula is C35H35Cl2N5O. The van der Waals surface area contributed by atoms with E-state index in [9.17, 15) is 4.79 Å². The Morgan fingerprint density at radius 3 is 2.28 bits per heavy atom. The molecule has 43 heavy (non-hydrogen) atoms. The molecule has 8 heteroatoms. The molecule has 7 rings (SSSR count). The van der Waals surface area contributed by atoms with E-state index in [0.717, 1.165) is 71.6 Å². The van der Waals surface area contributed by atoms with E-state index in [1.54, 1.807) is 6.07 Å². The first kappa shape index (κ1) is 28.4. The van der Waals surface area contributed by atoms with Crippen LogP contribution in [0.3, 0.4) is 0 Å². The second kappa shape index (κ2) is 11.3. The highest BCUT2D eigenvalue weighted by molar-refractivity contribution is 6.31. The molecule has 6 nitrogen and oxygen atoms in total. The smallest absolute Gasteiger partial charge is 0.251 e. The molecule has 2 aromatic heterocycles. The summed E-state index contributed by atoms with van der Waals surface area (Å²) in [6.07, 6.45) is 6.21. The number of hydrogen-bond donors (Lipinski definition) is 0. The lowest BCUT2D eigenvalue weighted by molar-refractivity contribution is 0.0818. The molecule has 0 amide bonds. The predicted octanol–water partition coefficient (Wildman–Crippen LogP) is 6.66. The maximum atomic E-state index is 13.6. The van der Waals surface area contributed by atoms with E-state index in [2.05, 4.69) is 63.8 Å². The molecule has 220 valence electrons. The Bertz CT molecular complexity index is 1850. The Morgan fingerprint density at radius 1 is 0.860 bits per heavy atom. The molecule has 1 aliphatic heterocycles. The molecule has 1 saturated heterocycles. The highest BCUT2D eigenvalue weighted by Crippen LogP contribution is 2.45. The molecule has 0 radical (unpaired) electrons. The molecule has 2 fully saturated rings. The fourth-order valence-electron chi connectivity index (χ4n) is 6.78. The molecule has 0 spiro atoms. The molecule has 0 N–H and O–H groups in total. The largest absolute Gasteiger partial charge is 0.335 e. The van der Waals surface area contributed by atoms with Gasteiger partial charge < -0.3 is 14.0 Å². The number of piperazine rings is 1. The number of likely N-dealkylation sites (N-methyl/N-ethyl adjacent to an activating group) is 1. The van der Waals surface area contributed by atoms with Gasteiger partial charge in [0.1, 0.15) is 5.54 Å². The van der Waals surface area contributed by atoms with E-state index in [1.807, 2.05) is 53.5 Å². The number of hydrogen-bond acceptors (Lipinski definition) is 4. The highest BCUT2D eigenvalue weighted by atomic mass is 35.5. The lowest BCUT2D eigenvalue weighted by Gasteiger charge is -2.48. The van der Waals surface area contributed by atoms with Gasteiger partial charge in [-0.3, -0.25) is 9.69 Å². The summed E-state index contributed by atoms with van der Waals surface area (Å²) < 4.78 is 4.09. The van der Waals surface area contributed by atoms with E-state index in [0.29, 0.717) is 16.0 Å². The lowest BCUT2D eigenvalue weighted by atomic mass is 9.77. The van der Waals surface area contributed by atoms with Crippen molar-refractivity contribution in [3.63, 3.8) is 0 Å². The highest BCUT2D eigenvalue weighted by Gasteiger charge is 2.45. The molecular weight excluding hydrogens is 577 g/mol. The average molecular weight is 613 g/mol. The molecule has 2 aliphatic rings. The second-order valence-electron chi connectivity index (χ2n) is 12.1. The van der Waals surface area contributed by atoms with Crippen LogP contribution in [-0.4, -0.2) is 57.1 Å². The summed E-state index contributed by atoms with van der Waals surface area (Å²) >= 11 is 12.9. The van der Waals surface area contributed by atoms with Gasteiger partial charge in [0.05, 0.1) is 23.7 Å². The molecule has 1 unspecified atom stereocenters. The van der Waals surface area contributed by atoms with Crippen molar-refractivity contribution in [3.8, 4) is 11.1 Å². The fraction of sp³-hybridized carbons (Fsp3) is 0.314. The van der Waals surface area contributed by atoms with Gasteiger partial charge in [-0.25, -0.2) is 4.98 Å². The van der Waals surface area contributed by atoms with Gasteiger partial charge in [-0.05, 0) is 84.5 Å². The van der Waals surface area contributed by atoms with Gasteiger partial charge in [0.25, 0.3) is 5.56 Å². The number of fused-ring (bicyclic) bond motifs is 1. The third-order valence-electron chi connectivity index (χ3n) is 9.23. The van der Waals surface area contributed by atoms with Crippen LogP contribution in [0.25, 0.3) is 22.0 Å². The molecule has 0 bridgehead atoms. The van der Waals surface area contributed by atoms with E-state index >= 15 is 0 Å². The van der Waals surface area contributed by atoms with Gasteiger partial charge in [-0.1, -0.05) is 53.5 Å². The number of aryl methyl sites for hydroxylation is 1. The Morgan fingerprint density at radius 2 is 1.60 bits per heavy atom. The molecule has 5 aromatic rings. The molecule has 1 aliphatic carbocycles. The van der Waals surface area contributed by atoms with E-state index in [-0.39, 0.29) is 5.56 Å². The maximum absolute atomic E-state index is 13.6. The predicted molar refractivity (Wildman–Crippen MR) is 175 cm³/mol. The van der Waals surface area contributed by atoms with Crippen molar-refractivity contribution in [2.75, 3.05) is 33.2 Å². The Kier molecular flexibility index (Phi) is 7.42. The van der Waals surface area contributed by atoms with E-state index in [1.165, 1.54) is 12.8 Å². The number of halogens is 2. The van der Waals surface area contributed by atoms with Crippen molar-refractivity contribution in [3.05, 3.63) is 123 Å². The van der Waals surface area contributed by atoms with Crippen LogP contribution in [0.5, 0.6) is 0 Å². The minimum atomic E-state index is -0.644. The van der Waals surface area contributed by atoms with Crippen molar-refractivity contribution < 1.29 is 0 Å². The van der Waals surface area contributed by atoms with Crippen LogP contribution in [0, 0.1) is 5.92 Å². The van der Waals surface area contributed by atoms with E-state index in [4.69, 9.17) is 23.2 Å². The number of benzene rings is 3. The molecule has 1 atom stereocenters. The van der Waals surface area contributed by atoms with Crippen molar-refractivity contribution in [1.29, 1.82) is 0 Å². The van der Waals surface area contributed by atoms with E-state index < -0.39 is 5.54 Å². The number of imidazole rings is 1. The first-order valence-electron chi connectivity index (χ1n) is 14.9. The summed E-state index contributed by atoms with van der Waals surface area (Å²) in [6, 6.07) is 24.5. The standard InChI is InChI=1S/C35H35Cl2N5O/c1-39-14-16-41(17-15-39)35(33-21-38-23-40(33)2,26-8-11-28(36)12-9-26)27-10-13-32-31(19-27)30(25-4-3-5-29(37)18-25)20-34(43)42(32)22-24-6-7-24/h3-5,8-13,18-21,23-24H,6-7,14-17,22H2,1-2H3. The normalized spacial score (nSPS) is 17.8. The zero-order chi connectivity index (χ0) is 29.7. The van der Waals surface area contributed by atoms with Crippen LogP contribution < -0.4 is 5.56 Å². The third kappa shape index (κ3) is 5.10. The van der Waals surface area contributed by atoms with Gasteiger partial charge in [-0.15, -0.1) is 0 Å². The first-order valence-corrected chi connectivity index (χ1v) is 15.7. The van der Waals surface area contributed by atoms with Crippen molar-refractivity contribution in [2.45, 2.75) is 24.9 Å². The van der Waals surface area contributed by atoms with Gasteiger partial charge in [0.2, 0.25) is 0 Å². The van der Waals surface area contributed by atoms with Gasteiger partial charge in [-0.2, -0.15) is 0 Å². The summed E-state index contributed by atoms with van der Waals surface area (Å²) in [5.41, 5.74) is 5.48. The SMILES string of the molecule is CN1CCN(C(c2ccc(Cl)cc2)(c2ccc3c(c2)c(-c2cccc(Cl)c2)cc(=O)n3CC2CC2)c2cncn2C)CC1. The topological polar surface area (TPSA) is 46.3 Å². The third-order valence-corrected chi connectivity index (χ3v) is 9.72. The minimum Gasteiger partial charge on any atom is -0.335 e. The van der Waals surface area contributed by atoms with Crippen molar-refractivity contribution in [1.82, 2.24) is 23.9 Å². The number of rotatable bonds is 7. The summed E-state index contributed by atoms with van der Waals surface area (Å²) in [4.78, 5) is 23.2. The van der Waals surface area contributed by atoms with Gasteiger partial charge >= 0.3 is 0 Å². The zero-order valence-electron chi connectivity index (χ0n) is 24.5. The van der Waals surface area contributed by atoms with Gasteiger partial charge in [0, 0.05) is 61.3 Å². The Balaban J connectivity index is 1.55. The Hall–Kier alpha value is -3.42. The van der Waals surface area contributed by atoms with Crippen LogP contribution in [-0.2, 0) is 19.1 Å². The molecule has 1 saturated carbocycles. The van der Waals surface area contributed by atoms with Crippen LogP contribution >= 0.6 is 23.2 Å². The monoisotopic (exact) mass is 611 g/mol. The summed E-state index contributed by atoms with van der Waals surface area (Å²) in [7, 11) is 4.24. The van der Waals surface area contributed by atoms with Crippen LogP contribution in [0.4, 0.5) is 0 Å². The number of pyridine rings is 1. The number of aromatic nitrogens is 3. The summed E-state index contributed by atoms with van der Waals surface area (Å²) in [6.45, 7) is 4.41. The van der Waals surface area contributed by atoms with Crippen molar-refractivity contribution >= 4 is 34.1 Å². The average Bonchev–Trinajstić information content (AvgIpc) is 3.74. The second-order valence-corrected chi connectivity index (χ2v) is 13.0. The van der Waals surface area contributed by atoms with Gasteiger partial charge in [0.15, 0.2) is 0 Å². The maximum Gasteiger partial charge on any atom is 0.251 e. The summed E-state index contributed by atoms with van der Waals surface area (Å²) in [5, 5.41) is 2.38. The van der Waals surface area contributed by atoms with Crippen LogP contribution in [0.1, 0.15) is 29.7 Å². The van der Waals surface area contributed by atoms with Crippen molar-refractivity contribution in [2.24, 2.45) is 13.0 Å². The molecule has 3 aromatic carbocycles. The Labute approximate surface area is 262 Å². The first-order chi connectivity index (χ1) is 20.8. The lowest BCUT2D eigenvalue weighted by Crippen LogP contribution is -2.56. The van der Waals surface area contributed by atoms with Crippen LogP contribution in [0.2, 0.25) is 10.0 Å². The van der Waals surface area contributed by atoms with Crippen LogP contribution in [0.15, 0.2) is 90.1 Å². The molecule has 3 heterocycles. The minimum absolute atomic E-state index is 0.0248.